The second-order valence-electron chi connectivity index (χ2n) is 5.95. The molecule has 25 heavy (non-hydrogen) atoms. The number of carbonyl (C=O) groups excluding carboxylic acids is 1. The van der Waals surface area contributed by atoms with Gasteiger partial charge < -0.3 is 15.5 Å². The Bertz CT molecular complexity index is 693. The van der Waals surface area contributed by atoms with Gasteiger partial charge in [0.25, 0.3) is 5.91 Å². The summed E-state index contributed by atoms with van der Waals surface area (Å²) in [7, 11) is 3.98. The van der Waals surface area contributed by atoms with Gasteiger partial charge in [-0.25, -0.2) is 14.4 Å². The molecule has 1 amide bonds. The fraction of sp³-hybridized carbons (Fsp3) is 0.389. The Kier molecular flexibility index (Phi) is 7.28. The van der Waals surface area contributed by atoms with Crippen molar-refractivity contribution in [2.45, 2.75) is 12.8 Å². The Morgan fingerprint density at radius 2 is 2.00 bits per heavy atom. The van der Waals surface area contributed by atoms with Crippen molar-refractivity contribution in [2.24, 2.45) is 0 Å². The Morgan fingerprint density at radius 3 is 2.76 bits per heavy atom. The Morgan fingerprint density at radius 1 is 1.20 bits per heavy atom. The van der Waals surface area contributed by atoms with Crippen LogP contribution in [0.2, 0.25) is 0 Å². The standard InChI is InChI=1S/C18H24FN5O/c1-24(2)13-5-10-20-17(25)16-9-12-22-18(23-16)21-11-8-14-6-3-4-7-15(14)19/h3-4,6-7,9,12H,5,8,10-11,13H2,1-2H3,(H,20,25)(H,21,22,23). The number of hydrogen-bond acceptors (Lipinski definition) is 5. The largest absolute Gasteiger partial charge is 0.354 e. The molecule has 0 aliphatic carbocycles. The Balaban J connectivity index is 1.82. The number of aromatic nitrogens is 2. The number of nitrogens with zero attached hydrogens (tertiary/aromatic N) is 3. The number of halogens is 1. The zero-order valence-electron chi connectivity index (χ0n) is 14.6. The molecule has 1 aromatic heterocycles. The minimum absolute atomic E-state index is 0.224. The zero-order chi connectivity index (χ0) is 18.1. The molecular weight excluding hydrogens is 321 g/mol. The first-order valence-electron chi connectivity index (χ1n) is 8.29. The van der Waals surface area contributed by atoms with Crippen molar-refractivity contribution < 1.29 is 9.18 Å². The maximum Gasteiger partial charge on any atom is 0.270 e. The van der Waals surface area contributed by atoms with Crippen molar-refractivity contribution in [3.8, 4) is 0 Å². The Hall–Kier alpha value is -2.54. The molecule has 7 heteroatoms. The third-order valence-corrected chi connectivity index (χ3v) is 3.59. The molecule has 0 fully saturated rings. The highest BCUT2D eigenvalue weighted by atomic mass is 19.1. The molecule has 0 unspecified atom stereocenters. The average Bonchev–Trinajstić information content (AvgIpc) is 2.60. The van der Waals surface area contributed by atoms with Crippen LogP contribution in [0.4, 0.5) is 10.3 Å². The zero-order valence-corrected chi connectivity index (χ0v) is 14.6. The van der Waals surface area contributed by atoms with Crippen LogP contribution in [-0.2, 0) is 6.42 Å². The van der Waals surface area contributed by atoms with Crippen LogP contribution in [0.25, 0.3) is 0 Å². The van der Waals surface area contributed by atoms with Crippen molar-refractivity contribution in [1.29, 1.82) is 0 Å². The molecule has 1 aromatic carbocycles. The van der Waals surface area contributed by atoms with Gasteiger partial charge in [-0.3, -0.25) is 4.79 Å². The predicted octanol–water partition coefficient (Wildman–Crippen LogP) is 1.95. The molecule has 0 saturated carbocycles. The second kappa shape index (κ2) is 9.68. The number of benzene rings is 1. The van der Waals surface area contributed by atoms with Crippen LogP contribution in [0, 0.1) is 5.82 Å². The van der Waals surface area contributed by atoms with Gasteiger partial charge in [-0.15, -0.1) is 0 Å². The second-order valence-corrected chi connectivity index (χ2v) is 5.95. The van der Waals surface area contributed by atoms with Gasteiger partial charge in [0.1, 0.15) is 11.5 Å². The van der Waals surface area contributed by atoms with Crippen LogP contribution < -0.4 is 10.6 Å². The van der Waals surface area contributed by atoms with Crippen LogP contribution in [0.15, 0.2) is 36.5 Å². The van der Waals surface area contributed by atoms with Crippen molar-refractivity contribution in [3.63, 3.8) is 0 Å². The van der Waals surface area contributed by atoms with Crippen LogP contribution in [0.3, 0.4) is 0 Å². The van der Waals surface area contributed by atoms with Gasteiger partial charge in [-0.05, 0) is 51.2 Å². The fourth-order valence-electron chi connectivity index (χ4n) is 2.27. The smallest absolute Gasteiger partial charge is 0.270 e. The minimum Gasteiger partial charge on any atom is -0.354 e. The first-order chi connectivity index (χ1) is 12.1. The van der Waals surface area contributed by atoms with Crippen LogP contribution >= 0.6 is 0 Å². The van der Waals surface area contributed by atoms with E-state index in [1.165, 1.54) is 12.3 Å². The summed E-state index contributed by atoms with van der Waals surface area (Å²) in [5.41, 5.74) is 0.943. The normalized spacial score (nSPS) is 10.7. The van der Waals surface area contributed by atoms with E-state index in [-0.39, 0.29) is 11.7 Å². The maximum atomic E-state index is 13.6. The summed E-state index contributed by atoms with van der Waals surface area (Å²) < 4.78 is 13.6. The van der Waals surface area contributed by atoms with Gasteiger partial charge in [-0.1, -0.05) is 18.2 Å². The molecule has 0 aliphatic heterocycles. The van der Waals surface area contributed by atoms with E-state index in [9.17, 15) is 9.18 Å². The summed E-state index contributed by atoms with van der Waals surface area (Å²) >= 11 is 0. The van der Waals surface area contributed by atoms with Crippen LogP contribution in [0.5, 0.6) is 0 Å². The number of hydrogen-bond donors (Lipinski definition) is 2. The number of carbonyl (C=O) groups is 1. The van der Waals surface area contributed by atoms with Gasteiger partial charge in [0, 0.05) is 19.3 Å². The van der Waals surface area contributed by atoms with E-state index < -0.39 is 0 Å². The van der Waals surface area contributed by atoms with Crippen molar-refractivity contribution >= 4 is 11.9 Å². The lowest BCUT2D eigenvalue weighted by atomic mass is 10.1. The van der Waals surface area contributed by atoms with Gasteiger partial charge in [0.2, 0.25) is 5.95 Å². The average molecular weight is 345 g/mol. The molecule has 2 N–H and O–H groups in total. The summed E-state index contributed by atoms with van der Waals surface area (Å²) in [6.45, 7) is 1.98. The lowest BCUT2D eigenvalue weighted by molar-refractivity contribution is 0.0947. The number of nitrogens with one attached hydrogen (secondary N) is 2. The van der Waals surface area contributed by atoms with Gasteiger partial charge in [-0.2, -0.15) is 0 Å². The van der Waals surface area contributed by atoms with E-state index in [4.69, 9.17) is 0 Å². The van der Waals surface area contributed by atoms with E-state index in [2.05, 4.69) is 25.5 Å². The highest BCUT2D eigenvalue weighted by Crippen LogP contribution is 2.07. The van der Waals surface area contributed by atoms with Gasteiger partial charge >= 0.3 is 0 Å². The molecule has 2 aromatic rings. The summed E-state index contributed by atoms with van der Waals surface area (Å²) in [6, 6.07) is 8.22. The molecule has 2 rings (SSSR count). The molecule has 0 atom stereocenters. The Labute approximate surface area is 147 Å². The van der Waals surface area contributed by atoms with Crippen LogP contribution in [0.1, 0.15) is 22.5 Å². The van der Waals surface area contributed by atoms with E-state index in [1.54, 1.807) is 24.3 Å². The first-order valence-corrected chi connectivity index (χ1v) is 8.29. The summed E-state index contributed by atoms with van der Waals surface area (Å²) in [4.78, 5) is 22.4. The number of rotatable bonds is 9. The molecule has 0 aliphatic rings. The van der Waals surface area contributed by atoms with Crippen molar-refractivity contribution in [3.05, 3.63) is 53.6 Å². The first kappa shape index (κ1) is 18.8. The highest BCUT2D eigenvalue weighted by Gasteiger charge is 2.08. The van der Waals surface area contributed by atoms with Crippen molar-refractivity contribution in [2.75, 3.05) is 39.0 Å². The van der Waals surface area contributed by atoms with E-state index in [0.717, 1.165) is 13.0 Å². The minimum atomic E-state index is -0.226. The lowest BCUT2D eigenvalue weighted by Crippen LogP contribution is -2.28. The quantitative estimate of drug-likeness (QED) is 0.680. The molecule has 0 spiro atoms. The topological polar surface area (TPSA) is 70.2 Å². The summed E-state index contributed by atoms with van der Waals surface area (Å²) in [5, 5.41) is 5.86. The third-order valence-electron chi connectivity index (χ3n) is 3.59. The van der Waals surface area contributed by atoms with Gasteiger partial charge in [0.15, 0.2) is 0 Å². The van der Waals surface area contributed by atoms with E-state index in [1.807, 2.05) is 14.1 Å². The molecule has 0 bridgehead atoms. The van der Waals surface area contributed by atoms with Crippen molar-refractivity contribution in [1.82, 2.24) is 20.2 Å². The molecule has 1 heterocycles. The summed E-state index contributed by atoms with van der Waals surface area (Å²) in [5.74, 6) is -0.0911. The van der Waals surface area contributed by atoms with E-state index in [0.29, 0.717) is 36.7 Å². The molecule has 134 valence electrons. The third kappa shape index (κ3) is 6.46. The van der Waals surface area contributed by atoms with E-state index >= 15 is 0 Å². The molecule has 6 nitrogen and oxygen atoms in total. The number of amides is 1. The summed E-state index contributed by atoms with van der Waals surface area (Å²) in [6.07, 6.45) is 2.92. The fourth-order valence-corrected chi connectivity index (χ4v) is 2.27. The monoisotopic (exact) mass is 345 g/mol. The lowest BCUT2D eigenvalue weighted by Gasteiger charge is -2.10. The van der Waals surface area contributed by atoms with Gasteiger partial charge in [0.05, 0.1) is 0 Å². The SMILES string of the molecule is CN(C)CCCNC(=O)c1ccnc(NCCc2ccccc2F)n1. The number of anilines is 1. The molecular formula is C18H24FN5O. The molecule has 0 radical (unpaired) electrons. The maximum absolute atomic E-state index is 13.6. The highest BCUT2D eigenvalue weighted by molar-refractivity contribution is 5.92. The predicted molar refractivity (Wildman–Crippen MR) is 96.1 cm³/mol. The van der Waals surface area contributed by atoms with Crippen LogP contribution in [-0.4, -0.2) is 54.5 Å². The molecule has 0 saturated heterocycles.